The molecule has 0 aliphatic rings. The van der Waals surface area contributed by atoms with Gasteiger partial charge in [0.15, 0.2) is 0 Å². The summed E-state index contributed by atoms with van der Waals surface area (Å²) in [5.74, 6) is 0.645. The van der Waals surface area contributed by atoms with Crippen LogP contribution in [-0.2, 0) is 11.8 Å². The van der Waals surface area contributed by atoms with E-state index in [-0.39, 0.29) is 5.41 Å². The SMILES string of the molecule is CC(C)(C)c1cc(CCCl)[nH]n1. The first-order valence-corrected chi connectivity index (χ1v) is 4.68. The number of nitrogens with zero attached hydrogens (tertiary/aromatic N) is 1. The monoisotopic (exact) mass is 186 g/mol. The highest BCUT2D eigenvalue weighted by Crippen LogP contribution is 2.20. The van der Waals surface area contributed by atoms with Gasteiger partial charge in [-0.25, -0.2) is 0 Å². The molecule has 0 fully saturated rings. The van der Waals surface area contributed by atoms with E-state index >= 15 is 0 Å². The highest BCUT2D eigenvalue weighted by molar-refractivity contribution is 6.17. The molecule has 1 aromatic rings. The summed E-state index contributed by atoms with van der Waals surface area (Å²) in [6, 6.07) is 2.09. The average molecular weight is 187 g/mol. The summed E-state index contributed by atoms with van der Waals surface area (Å²) in [6.07, 6.45) is 0.866. The fourth-order valence-electron chi connectivity index (χ4n) is 0.976. The van der Waals surface area contributed by atoms with Gasteiger partial charge in [0.1, 0.15) is 0 Å². The molecule has 0 aromatic carbocycles. The molecule has 0 radical (unpaired) electrons. The van der Waals surface area contributed by atoms with Crippen molar-refractivity contribution in [3.63, 3.8) is 0 Å². The molecule has 68 valence electrons. The lowest BCUT2D eigenvalue weighted by molar-refractivity contribution is 0.567. The van der Waals surface area contributed by atoms with Crippen molar-refractivity contribution in [3.8, 4) is 0 Å². The number of halogens is 1. The van der Waals surface area contributed by atoms with Crippen LogP contribution in [0.1, 0.15) is 32.2 Å². The van der Waals surface area contributed by atoms with Crippen molar-refractivity contribution in [1.82, 2.24) is 10.2 Å². The van der Waals surface area contributed by atoms with Crippen LogP contribution in [0.25, 0.3) is 0 Å². The number of rotatable bonds is 2. The molecular weight excluding hydrogens is 172 g/mol. The lowest BCUT2D eigenvalue weighted by Crippen LogP contribution is -2.11. The van der Waals surface area contributed by atoms with Gasteiger partial charge in [0.2, 0.25) is 0 Å². The van der Waals surface area contributed by atoms with E-state index in [2.05, 4.69) is 37.0 Å². The maximum atomic E-state index is 5.61. The Hall–Kier alpha value is -0.500. The van der Waals surface area contributed by atoms with Crippen molar-refractivity contribution in [1.29, 1.82) is 0 Å². The zero-order valence-corrected chi connectivity index (χ0v) is 8.57. The first-order chi connectivity index (χ1) is 5.54. The Morgan fingerprint density at radius 1 is 1.50 bits per heavy atom. The van der Waals surface area contributed by atoms with Crippen LogP contribution in [-0.4, -0.2) is 16.1 Å². The van der Waals surface area contributed by atoms with Gasteiger partial charge in [-0.3, -0.25) is 5.10 Å². The number of alkyl halides is 1. The Kier molecular flexibility index (Phi) is 2.78. The predicted molar refractivity (Wildman–Crippen MR) is 51.7 cm³/mol. The Morgan fingerprint density at radius 3 is 2.58 bits per heavy atom. The first kappa shape index (κ1) is 9.59. The van der Waals surface area contributed by atoms with Gasteiger partial charge in [-0.1, -0.05) is 20.8 Å². The Morgan fingerprint density at radius 2 is 2.17 bits per heavy atom. The third-order valence-electron chi connectivity index (χ3n) is 1.76. The van der Waals surface area contributed by atoms with Gasteiger partial charge in [-0.2, -0.15) is 5.10 Å². The fourth-order valence-corrected chi connectivity index (χ4v) is 1.18. The maximum Gasteiger partial charge on any atom is 0.0678 e. The molecule has 1 aromatic heterocycles. The van der Waals surface area contributed by atoms with Crippen LogP contribution in [0.2, 0.25) is 0 Å². The number of aromatic nitrogens is 2. The van der Waals surface area contributed by atoms with Crippen LogP contribution in [0.4, 0.5) is 0 Å². The molecule has 0 bridgehead atoms. The lowest BCUT2D eigenvalue weighted by atomic mass is 9.92. The molecule has 1 heterocycles. The molecule has 0 aliphatic heterocycles. The van der Waals surface area contributed by atoms with Crippen molar-refractivity contribution in [2.24, 2.45) is 0 Å². The molecular formula is C9H15ClN2. The topological polar surface area (TPSA) is 28.7 Å². The van der Waals surface area contributed by atoms with Crippen molar-refractivity contribution >= 4 is 11.6 Å². The molecule has 0 atom stereocenters. The van der Waals surface area contributed by atoms with E-state index in [0.29, 0.717) is 5.88 Å². The minimum Gasteiger partial charge on any atom is -0.282 e. The van der Waals surface area contributed by atoms with Crippen molar-refractivity contribution in [2.45, 2.75) is 32.6 Å². The van der Waals surface area contributed by atoms with Crippen LogP contribution in [0, 0.1) is 0 Å². The van der Waals surface area contributed by atoms with Crippen molar-refractivity contribution < 1.29 is 0 Å². The second kappa shape index (κ2) is 3.48. The Balaban J connectivity index is 2.77. The predicted octanol–water partition coefficient (Wildman–Crippen LogP) is 2.49. The number of H-pyrrole nitrogens is 1. The van der Waals surface area contributed by atoms with Crippen molar-refractivity contribution in [2.75, 3.05) is 5.88 Å². The fraction of sp³-hybridized carbons (Fsp3) is 0.667. The van der Waals surface area contributed by atoms with E-state index in [1.165, 1.54) is 0 Å². The number of aryl methyl sites for hydroxylation is 1. The zero-order chi connectivity index (χ0) is 9.19. The standard InChI is InChI=1S/C9H15ClN2/c1-9(2,3)8-6-7(4-5-10)11-12-8/h6H,4-5H2,1-3H3,(H,11,12). The van der Waals surface area contributed by atoms with Gasteiger partial charge < -0.3 is 0 Å². The molecule has 0 saturated carbocycles. The van der Waals surface area contributed by atoms with Gasteiger partial charge >= 0.3 is 0 Å². The second-order valence-electron chi connectivity index (χ2n) is 3.97. The number of aromatic amines is 1. The Bertz CT molecular complexity index is 247. The van der Waals surface area contributed by atoms with Crippen LogP contribution >= 0.6 is 11.6 Å². The third kappa shape index (κ3) is 2.24. The van der Waals surface area contributed by atoms with Crippen LogP contribution in [0.5, 0.6) is 0 Å². The van der Waals surface area contributed by atoms with Gasteiger partial charge in [0.25, 0.3) is 0 Å². The Labute approximate surface area is 78.3 Å². The summed E-state index contributed by atoms with van der Waals surface area (Å²) < 4.78 is 0. The highest BCUT2D eigenvalue weighted by Gasteiger charge is 2.16. The molecule has 1 rings (SSSR count). The number of nitrogens with one attached hydrogen (secondary N) is 1. The van der Waals surface area contributed by atoms with E-state index in [1.807, 2.05) is 0 Å². The largest absolute Gasteiger partial charge is 0.282 e. The average Bonchev–Trinajstić information content (AvgIpc) is 2.35. The molecule has 2 nitrogen and oxygen atoms in total. The molecule has 0 unspecified atom stereocenters. The van der Waals surface area contributed by atoms with E-state index in [4.69, 9.17) is 11.6 Å². The van der Waals surface area contributed by atoms with Gasteiger partial charge in [0.05, 0.1) is 5.69 Å². The summed E-state index contributed by atoms with van der Waals surface area (Å²) in [7, 11) is 0. The molecule has 0 spiro atoms. The third-order valence-corrected chi connectivity index (χ3v) is 1.95. The normalized spacial score (nSPS) is 12.0. The number of hydrogen-bond acceptors (Lipinski definition) is 1. The molecule has 0 saturated heterocycles. The van der Waals surface area contributed by atoms with E-state index in [0.717, 1.165) is 17.8 Å². The summed E-state index contributed by atoms with van der Waals surface area (Å²) in [4.78, 5) is 0. The molecule has 0 amide bonds. The molecule has 12 heavy (non-hydrogen) atoms. The quantitative estimate of drug-likeness (QED) is 0.707. The van der Waals surface area contributed by atoms with E-state index in [1.54, 1.807) is 0 Å². The molecule has 3 heteroatoms. The summed E-state index contributed by atoms with van der Waals surface area (Å²) >= 11 is 5.61. The van der Waals surface area contributed by atoms with E-state index in [9.17, 15) is 0 Å². The summed E-state index contributed by atoms with van der Waals surface area (Å²) in [5, 5.41) is 7.20. The smallest absolute Gasteiger partial charge is 0.0678 e. The maximum absolute atomic E-state index is 5.61. The number of hydrogen-bond donors (Lipinski definition) is 1. The van der Waals surface area contributed by atoms with Crippen LogP contribution in [0.15, 0.2) is 6.07 Å². The van der Waals surface area contributed by atoms with Crippen molar-refractivity contribution in [3.05, 3.63) is 17.5 Å². The molecule has 0 aliphatic carbocycles. The first-order valence-electron chi connectivity index (χ1n) is 4.15. The van der Waals surface area contributed by atoms with Crippen LogP contribution < -0.4 is 0 Å². The second-order valence-corrected chi connectivity index (χ2v) is 4.35. The van der Waals surface area contributed by atoms with Gasteiger partial charge in [0, 0.05) is 23.4 Å². The summed E-state index contributed by atoms with van der Waals surface area (Å²) in [5.41, 5.74) is 2.35. The molecule has 1 N–H and O–H groups in total. The van der Waals surface area contributed by atoms with Gasteiger partial charge in [-0.15, -0.1) is 11.6 Å². The summed E-state index contributed by atoms with van der Waals surface area (Å²) in [6.45, 7) is 6.44. The minimum absolute atomic E-state index is 0.126. The highest BCUT2D eigenvalue weighted by atomic mass is 35.5. The van der Waals surface area contributed by atoms with Crippen LogP contribution in [0.3, 0.4) is 0 Å². The van der Waals surface area contributed by atoms with E-state index < -0.39 is 0 Å². The lowest BCUT2D eigenvalue weighted by Gasteiger charge is -2.13. The zero-order valence-electron chi connectivity index (χ0n) is 7.82. The minimum atomic E-state index is 0.126. The van der Waals surface area contributed by atoms with Gasteiger partial charge in [-0.05, 0) is 6.07 Å².